The molecule has 0 fully saturated rings. The van der Waals surface area contributed by atoms with E-state index in [1.807, 2.05) is 12.1 Å². The number of nitrogens with zero attached hydrogens (tertiary/aromatic N) is 1. The molecule has 4 nitrogen and oxygen atoms in total. The fraction of sp³-hybridized carbons (Fsp3) is 0.0625. The van der Waals surface area contributed by atoms with Gasteiger partial charge in [0.15, 0.2) is 0 Å². The summed E-state index contributed by atoms with van der Waals surface area (Å²) in [5, 5.41) is 0.688. The molecule has 0 bridgehead atoms. The number of hydrogen-bond acceptors (Lipinski definition) is 4. The van der Waals surface area contributed by atoms with Crippen molar-refractivity contribution < 1.29 is 8.42 Å². The van der Waals surface area contributed by atoms with Crippen molar-refractivity contribution in [1.29, 1.82) is 0 Å². The SMILES string of the molecule is Cc1ccccc1S(=O)(=O)c1cc2cc(Br)cc(Br)c2nc1N. The van der Waals surface area contributed by atoms with Gasteiger partial charge >= 0.3 is 0 Å². The molecule has 3 aromatic rings. The van der Waals surface area contributed by atoms with Gasteiger partial charge in [-0.2, -0.15) is 0 Å². The molecule has 0 amide bonds. The Balaban J connectivity index is 2.32. The number of halogens is 2. The van der Waals surface area contributed by atoms with Crippen LogP contribution in [0.4, 0.5) is 5.82 Å². The third kappa shape index (κ3) is 2.88. The second kappa shape index (κ2) is 5.89. The lowest BCUT2D eigenvalue weighted by Crippen LogP contribution is -2.09. The molecule has 0 aliphatic rings. The number of aromatic nitrogens is 1. The van der Waals surface area contributed by atoms with E-state index in [1.165, 1.54) is 0 Å². The van der Waals surface area contributed by atoms with Crippen LogP contribution in [0.2, 0.25) is 0 Å². The van der Waals surface area contributed by atoms with Gasteiger partial charge in [-0.05, 0) is 52.7 Å². The molecule has 1 aromatic heterocycles. The maximum atomic E-state index is 12.9. The summed E-state index contributed by atoms with van der Waals surface area (Å²) in [6.45, 7) is 1.75. The molecule has 2 aromatic carbocycles. The fourth-order valence-electron chi connectivity index (χ4n) is 2.40. The predicted octanol–water partition coefficient (Wildman–Crippen LogP) is 4.48. The highest BCUT2D eigenvalue weighted by Crippen LogP contribution is 2.33. The Hall–Kier alpha value is -1.44. The van der Waals surface area contributed by atoms with Gasteiger partial charge in [0.2, 0.25) is 9.84 Å². The first-order valence-electron chi connectivity index (χ1n) is 6.66. The molecule has 0 aliphatic carbocycles. The fourth-order valence-corrected chi connectivity index (χ4v) is 5.33. The lowest BCUT2D eigenvalue weighted by molar-refractivity contribution is 0.595. The molecule has 0 unspecified atom stereocenters. The Morgan fingerprint density at radius 1 is 1.04 bits per heavy atom. The van der Waals surface area contributed by atoms with Crippen LogP contribution in [0, 0.1) is 6.92 Å². The largest absolute Gasteiger partial charge is 0.383 e. The maximum absolute atomic E-state index is 12.9. The van der Waals surface area contributed by atoms with E-state index in [2.05, 4.69) is 36.8 Å². The molecule has 7 heteroatoms. The van der Waals surface area contributed by atoms with E-state index in [9.17, 15) is 8.42 Å². The molecule has 3 rings (SSSR count). The van der Waals surface area contributed by atoms with Gasteiger partial charge in [0.1, 0.15) is 10.7 Å². The minimum absolute atomic E-state index is 0.0104. The lowest BCUT2D eigenvalue weighted by atomic mass is 10.2. The summed E-state index contributed by atoms with van der Waals surface area (Å²) in [4.78, 5) is 4.52. The van der Waals surface area contributed by atoms with E-state index < -0.39 is 9.84 Å². The van der Waals surface area contributed by atoms with Crippen molar-refractivity contribution in [2.75, 3.05) is 5.73 Å². The zero-order chi connectivity index (χ0) is 16.8. The first-order valence-corrected chi connectivity index (χ1v) is 9.73. The Bertz CT molecular complexity index is 1030. The lowest BCUT2D eigenvalue weighted by Gasteiger charge is -2.11. The van der Waals surface area contributed by atoms with Crippen molar-refractivity contribution in [3.8, 4) is 0 Å². The highest BCUT2D eigenvalue weighted by Gasteiger charge is 2.24. The van der Waals surface area contributed by atoms with Crippen molar-refractivity contribution in [3.05, 3.63) is 57.0 Å². The highest BCUT2D eigenvalue weighted by molar-refractivity contribution is 9.11. The first-order chi connectivity index (χ1) is 10.8. The molecule has 0 aliphatic heterocycles. The number of hydrogen-bond donors (Lipinski definition) is 1. The Labute approximate surface area is 150 Å². The summed E-state index contributed by atoms with van der Waals surface area (Å²) in [7, 11) is -3.74. The topological polar surface area (TPSA) is 73.0 Å². The molecule has 2 N–H and O–H groups in total. The predicted molar refractivity (Wildman–Crippen MR) is 98.2 cm³/mol. The maximum Gasteiger partial charge on any atom is 0.210 e. The summed E-state index contributed by atoms with van der Waals surface area (Å²) in [6.07, 6.45) is 0. The number of benzene rings is 2. The second-order valence-corrected chi connectivity index (χ2v) is 8.76. The van der Waals surface area contributed by atoms with E-state index >= 15 is 0 Å². The molecule has 0 saturated heterocycles. The minimum atomic E-state index is -3.74. The first kappa shape index (κ1) is 16.4. The number of fused-ring (bicyclic) bond motifs is 1. The molecule has 1 heterocycles. The van der Waals surface area contributed by atoms with Gasteiger partial charge in [-0.3, -0.25) is 0 Å². The number of nitrogens with two attached hydrogens (primary N) is 1. The summed E-state index contributed by atoms with van der Waals surface area (Å²) in [5.74, 6) is -0.0104. The number of rotatable bonds is 2. The van der Waals surface area contributed by atoms with Crippen LogP contribution in [0.25, 0.3) is 10.9 Å². The molecular formula is C16H12Br2N2O2S. The highest BCUT2D eigenvalue weighted by atomic mass is 79.9. The number of sulfone groups is 1. The van der Waals surface area contributed by atoms with Crippen molar-refractivity contribution in [1.82, 2.24) is 4.98 Å². The normalized spacial score (nSPS) is 11.8. The van der Waals surface area contributed by atoms with Crippen LogP contribution in [-0.4, -0.2) is 13.4 Å². The molecule has 118 valence electrons. The molecule has 0 saturated carbocycles. The third-order valence-electron chi connectivity index (χ3n) is 3.50. The van der Waals surface area contributed by atoms with Crippen molar-refractivity contribution in [2.24, 2.45) is 0 Å². The zero-order valence-corrected chi connectivity index (χ0v) is 16.0. The molecule has 0 radical (unpaired) electrons. The van der Waals surface area contributed by atoms with Gasteiger partial charge in [-0.15, -0.1) is 0 Å². The number of anilines is 1. The van der Waals surface area contributed by atoms with Crippen LogP contribution < -0.4 is 5.73 Å². The smallest absolute Gasteiger partial charge is 0.210 e. The van der Waals surface area contributed by atoms with Gasteiger partial charge in [0, 0.05) is 14.3 Å². The quantitative estimate of drug-likeness (QED) is 0.618. The van der Waals surface area contributed by atoms with Crippen molar-refractivity contribution >= 4 is 58.4 Å². The molecule has 0 spiro atoms. The second-order valence-electron chi connectivity index (χ2n) is 5.10. The van der Waals surface area contributed by atoms with Crippen molar-refractivity contribution in [3.63, 3.8) is 0 Å². The zero-order valence-electron chi connectivity index (χ0n) is 12.0. The van der Waals surface area contributed by atoms with E-state index in [0.717, 1.165) is 8.95 Å². The van der Waals surface area contributed by atoms with Crippen LogP contribution >= 0.6 is 31.9 Å². The van der Waals surface area contributed by atoms with E-state index in [1.54, 1.807) is 37.3 Å². The van der Waals surface area contributed by atoms with Crippen LogP contribution in [0.5, 0.6) is 0 Å². The van der Waals surface area contributed by atoms with Crippen LogP contribution in [-0.2, 0) is 9.84 Å². The average molecular weight is 456 g/mol. The number of pyridine rings is 1. The van der Waals surface area contributed by atoms with E-state index in [-0.39, 0.29) is 15.6 Å². The van der Waals surface area contributed by atoms with Gasteiger partial charge in [0.05, 0.1) is 10.4 Å². The van der Waals surface area contributed by atoms with Gasteiger partial charge < -0.3 is 5.73 Å². The molecule has 0 atom stereocenters. The monoisotopic (exact) mass is 454 g/mol. The van der Waals surface area contributed by atoms with Gasteiger partial charge in [-0.1, -0.05) is 34.1 Å². The third-order valence-corrected chi connectivity index (χ3v) is 6.51. The Kier molecular flexibility index (Phi) is 4.20. The number of aryl methyl sites for hydroxylation is 1. The number of nitrogen functional groups attached to an aromatic ring is 1. The van der Waals surface area contributed by atoms with Gasteiger partial charge in [0.25, 0.3) is 0 Å². The molecular weight excluding hydrogens is 444 g/mol. The standard InChI is InChI=1S/C16H12Br2N2O2S/c1-9-4-2-3-5-13(9)23(21,22)14-7-10-6-11(17)8-12(18)15(10)20-16(14)19/h2-8H,1H3,(H2,19,20). The summed E-state index contributed by atoms with van der Waals surface area (Å²) in [5.41, 5.74) is 7.23. The van der Waals surface area contributed by atoms with Crippen LogP contribution in [0.15, 0.2) is 61.2 Å². The van der Waals surface area contributed by atoms with E-state index in [4.69, 9.17) is 5.73 Å². The van der Waals surface area contributed by atoms with Crippen molar-refractivity contribution in [2.45, 2.75) is 16.7 Å². The summed E-state index contributed by atoms with van der Waals surface area (Å²) >= 11 is 6.81. The summed E-state index contributed by atoms with van der Waals surface area (Å²) in [6, 6.07) is 12.0. The summed E-state index contributed by atoms with van der Waals surface area (Å²) < 4.78 is 27.5. The Morgan fingerprint density at radius 3 is 2.43 bits per heavy atom. The minimum Gasteiger partial charge on any atom is -0.383 e. The molecule has 23 heavy (non-hydrogen) atoms. The Morgan fingerprint density at radius 2 is 1.74 bits per heavy atom. The van der Waals surface area contributed by atoms with Gasteiger partial charge in [-0.25, -0.2) is 13.4 Å². The average Bonchev–Trinajstić information content (AvgIpc) is 2.47. The van der Waals surface area contributed by atoms with Crippen LogP contribution in [0.1, 0.15) is 5.56 Å². The van der Waals surface area contributed by atoms with Crippen LogP contribution in [0.3, 0.4) is 0 Å². The van der Waals surface area contributed by atoms with E-state index in [0.29, 0.717) is 16.5 Å².